The molecule has 0 bridgehead atoms. The first-order chi connectivity index (χ1) is 12.2. The number of thiocarbonyl (C=S) groups is 1. The van der Waals surface area contributed by atoms with Gasteiger partial charge in [0.2, 0.25) is 5.91 Å². The van der Waals surface area contributed by atoms with E-state index in [2.05, 4.69) is 10.6 Å². The average Bonchev–Trinajstić information content (AvgIpc) is 3.26. The summed E-state index contributed by atoms with van der Waals surface area (Å²) in [4.78, 5) is 13.7. The van der Waals surface area contributed by atoms with Crippen LogP contribution in [-0.4, -0.2) is 36.8 Å². The van der Waals surface area contributed by atoms with Crippen molar-refractivity contribution in [3.8, 4) is 0 Å². The quantitative estimate of drug-likeness (QED) is 0.575. The second-order valence-electron chi connectivity index (χ2n) is 6.71. The van der Waals surface area contributed by atoms with Crippen LogP contribution in [-0.2, 0) is 9.53 Å². The molecule has 1 amide bonds. The van der Waals surface area contributed by atoms with Gasteiger partial charge in [-0.1, -0.05) is 18.9 Å². The molecule has 2 fully saturated rings. The highest BCUT2D eigenvalue weighted by molar-refractivity contribution is 7.80. The zero-order chi connectivity index (χ0) is 17.5. The van der Waals surface area contributed by atoms with Gasteiger partial charge >= 0.3 is 0 Å². The molecule has 136 valence electrons. The molecule has 2 N–H and O–H groups in total. The third-order valence-corrected chi connectivity index (χ3v) is 5.00. The smallest absolute Gasteiger partial charge is 0.227 e. The van der Waals surface area contributed by atoms with Gasteiger partial charge in [-0.2, -0.15) is 0 Å². The van der Waals surface area contributed by atoms with Crippen LogP contribution in [0, 0.1) is 0 Å². The third kappa shape index (κ3) is 5.41. The van der Waals surface area contributed by atoms with Crippen molar-refractivity contribution >= 4 is 34.6 Å². The molecule has 0 radical (unpaired) electrons. The maximum absolute atomic E-state index is 11.9. The van der Waals surface area contributed by atoms with Crippen LogP contribution >= 0.6 is 12.2 Å². The molecule has 25 heavy (non-hydrogen) atoms. The first-order valence-electron chi connectivity index (χ1n) is 9.29. The average molecular weight is 362 g/mol. The molecule has 1 saturated carbocycles. The van der Waals surface area contributed by atoms with E-state index >= 15 is 0 Å². The molecule has 0 unspecified atom stereocenters. The Hall–Kier alpha value is -1.66. The molecular weight excluding hydrogens is 334 g/mol. The second-order valence-corrected chi connectivity index (χ2v) is 7.12. The normalized spacial score (nSPS) is 17.9. The molecule has 1 aliphatic carbocycles. The van der Waals surface area contributed by atoms with Gasteiger partial charge < -0.3 is 20.3 Å². The molecular formula is C19H27N3O2S. The van der Waals surface area contributed by atoms with E-state index in [4.69, 9.17) is 17.0 Å². The molecule has 0 aromatic heterocycles. The van der Waals surface area contributed by atoms with Crippen molar-refractivity contribution in [3.63, 3.8) is 0 Å². The van der Waals surface area contributed by atoms with Crippen LogP contribution in [0.3, 0.4) is 0 Å². The Balaban J connectivity index is 1.38. The lowest BCUT2D eigenvalue weighted by Crippen LogP contribution is -2.30. The number of anilines is 2. The van der Waals surface area contributed by atoms with E-state index in [1.165, 1.54) is 25.7 Å². The number of amides is 1. The van der Waals surface area contributed by atoms with Gasteiger partial charge in [-0.25, -0.2) is 0 Å². The standard InChI is InChI=1S/C19H27N3O2S/c23-18-10-4-12-22(18)16-7-3-6-15(14-16)21-19(25)20-11-5-13-24-17-8-1-2-9-17/h3,6-7,14,17H,1-2,4-5,8-13H2,(H2,20,21,25). The highest BCUT2D eigenvalue weighted by Gasteiger charge is 2.21. The lowest BCUT2D eigenvalue weighted by atomic mass is 10.2. The maximum atomic E-state index is 11.9. The Morgan fingerprint density at radius 1 is 1.28 bits per heavy atom. The van der Waals surface area contributed by atoms with E-state index in [0.717, 1.165) is 43.9 Å². The summed E-state index contributed by atoms with van der Waals surface area (Å²) in [6.07, 6.45) is 8.02. The zero-order valence-corrected chi connectivity index (χ0v) is 15.4. The number of nitrogens with one attached hydrogen (secondary N) is 2. The number of carbonyl (C=O) groups is 1. The van der Waals surface area contributed by atoms with Crippen molar-refractivity contribution in [1.82, 2.24) is 5.32 Å². The molecule has 1 heterocycles. The number of nitrogens with zero attached hydrogens (tertiary/aromatic N) is 1. The fourth-order valence-corrected chi connectivity index (χ4v) is 3.65. The van der Waals surface area contributed by atoms with Gasteiger partial charge in [0.1, 0.15) is 0 Å². The van der Waals surface area contributed by atoms with Crippen molar-refractivity contribution in [2.45, 2.75) is 51.0 Å². The Morgan fingerprint density at radius 2 is 2.12 bits per heavy atom. The number of hydrogen-bond acceptors (Lipinski definition) is 3. The highest BCUT2D eigenvalue weighted by atomic mass is 32.1. The van der Waals surface area contributed by atoms with Gasteiger partial charge in [0.05, 0.1) is 6.10 Å². The molecule has 0 atom stereocenters. The Bertz CT molecular complexity index is 602. The predicted octanol–water partition coefficient (Wildman–Crippen LogP) is 3.45. The van der Waals surface area contributed by atoms with Crippen LogP contribution in [0.25, 0.3) is 0 Å². The Labute approximate surface area is 155 Å². The lowest BCUT2D eigenvalue weighted by Gasteiger charge is -2.17. The number of hydrogen-bond donors (Lipinski definition) is 2. The first kappa shape index (κ1) is 18.1. The van der Waals surface area contributed by atoms with Crippen LogP contribution in [0.4, 0.5) is 11.4 Å². The second kappa shape index (κ2) is 9.15. The molecule has 5 nitrogen and oxygen atoms in total. The van der Waals surface area contributed by atoms with Crippen molar-refractivity contribution in [2.75, 3.05) is 29.9 Å². The molecule has 1 aromatic carbocycles. The summed E-state index contributed by atoms with van der Waals surface area (Å²) in [6.45, 7) is 2.38. The van der Waals surface area contributed by atoms with Crippen molar-refractivity contribution in [1.29, 1.82) is 0 Å². The van der Waals surface area contributed by atoms with Gasteiger partial charge in [0.15, 0.2) is 5.11 Å². The molecule has 3 rings (SSSR count). The molecule has 1 aromatic rings. The number of rotatable bonds is 7. The summed E-state index contributed by atoms with van der Waals surface area (Å²) in [6, 6.07) is 7.84. The zero-order valence-electron chi connectivity index (χ0n) is 14.6. The Kier molecular flexibility index (Phi) is 6.64. The number of benzene rings is 1. The summed E-state index contributed by atoms with van der Waals surface area (Å²) < 4.78 is 5.84. The van der Waals surface area contributed by atoms with Gasteiger partial charge in [0, 0.05) is 37.5 Å². The van der Waals surface area contributed by atoms with Crippen molar-refractivity contribution < 1.29 is 9.53 Å². The van der Waals surface area contributed by atoms with E-state index in [9.17, 15) is 4.79 Å². The SMILES string of the molecule is O=C1CCCN1c1cccc(NC(=S)NCCCOC2CCCC2)c1. The van der Waals surface area contributed by atoms with Crippen molar-refractivity contribution in [2.24, 2.45) is 0 Å². The monoisotopic (exact) mass is 361 g/mol. The van der Waals surface area contributed by atoms with E-state index < -0.39 is 0 Å². The van der Waals surface area contributed by atoms with Crippen LogP contribution < -0.4 is 15.5 Å². The van der Waals surface area contributed by atoms with E-state index in [1.54, 1.807) is 0 Å². The van der Waals surface area contributed by atoms with E-state index in [0.29, 0.717) is 17.6 Å². The first-order valence-corrected chi connectivity index (χ1v) is 9.70. The predicted molar refractivity (Wildman–Crippen MR) is 105 cm³/mol. The van der Waals surface area contributed by atoms with Gasteiger partial charge in [-0.3, -0.25) is 4.79 Å². The van der Waals surface area contributed by atoms with Crippen LogP contribution in [0.15, 0.2) is 24.3 Å². The summed E-state index contributed by atoms with van der Waals surface area (Å²) >= 11 is 5.35. The molecule has 0 spiro atoms. The molecule has 1 aliphatic heterocycles. The molecule has 2 aliphatic rings. The maximum Gasteiger partial charge on any atom is 0.227 e. The molecule has 6 heteroatoms. The summed E-state index contributed by atoms with van der Waals surface area (Å²) in [7, 11) is 0. The lowest BCUT2D eigenvalue weighted by molar-refractivity contribution is -0.117. The molecule has 1 saturated heterocycles. The van der Waals surface area contributed by atoms with Gasteiger partial charge in [-0.15, -0.1) is 0 Å². The minimum atomic E-state index is 0.195. The minimum Gasteiger partial charge on any atom is -0.378 e. The topological polar surface area (TPSA) is 53.6 Å². The van der Waals surface area contributed by atoms with Crippen LogP contribution in [0.5, 0.6) is 0 Å². The Morgan fingerprint density at radius 3 is 2.88 bits per heavy atom. The fraction of sp³-hybridized carbons (Fsp3) is 0.579. The highest BCUT2D eigenvalue weighted by Crippen LogP contribution is 2.24. The fourth-order valence-electron chi connectivity index (χ4n) is 3.43. The van der Waals surface area contributed by atoms with Gasteiger partial charge in [0.25, 0.3) is 0 Å². The minimum absolute atomic E-state index is 0.195. The van der Waals surface area contributed by atoms with E-state index in [1.807, 2.05) is 29.2 Å². The van der Waals surface area contributed by atoms with Gasteiger partial charge in [-0.05, 0) is 56.1 Å². The summed E-state index contributed by atoms with van der Waals surface area (Å²) in [5.74, 6) is 0.195. The van der Waals surface area contributed by atoms with Crippen molar-refractivity contribution in [3.05, 3.63) is 24.3 Å². The summed E-state index contributed by atoms with van der Waals surface area (Å²) in [5, 5.41) is 7.01. The number of ether oxygens (including phenoxy) is 1. The number of carbonyl (C=O) groups excluding carboxylic acids is 1. The summed E-state index contributed by atoms with van der Waals surface area (Å²) in [5.41, 5.74) is 1.83. The van der Waals surface area contributed by atoms with E-state index in [-0.39, 0.29) is 5.91 Å². The third-order valence-electron chi connectivity index (χ3n) is 4.75. The van der Waals surface area contributed by atoms with Crippen LogP contribution in [0.1, 0.15) is 44.9 Å². The van der Waals surface area contributed by atoms with Crippen LogP contribution in [0.2, 0.25) is 0 Å². The largest absolute Gasteiger partial charge is 0.378 e.